The fraction of sp³-hybridized carbons (Fsp3) is 0.250. The van der Waals surface area contributed by atoms with Crippen molar-refractivity contribution in [3.8, 4) is 17.2 Å². The van der Waals surface area contributed by atoms with Crippen LogP contribution in [0.25, 0.3) is 12.2 Å². The number of nitrogens with zero attached hydrogens (tertiary/aromatic N) is 1. The minimum Gasteiger partial charge on any atom is -0.492 e. The zero-order valence-corrected chi connectivity index (χ0v) is 18.9. The number of Topliss-reactive ketones (excluding diaryl/α,β-unsaturated/α-hetero) is 1. The lowest BCUT2D eigenvalue weighted by molar-refractivity contribution is 0.0925. The van der Waals surface area contributed by atoms with Crippen molar-refractivity contribution in [3.63, 3.8) is 0 Å². The summed E-state index contributed by atoms with van der Waals surface area (Å²) in [4.78, 5) is 15.5. The summed E-state index contributed by atoms with van der Waals surface area (Å²) < 4.78 is 17.0. The molecule has 1 atom stereocenters. The first-order chi connectivity index (χ1) is 16.1. The van der Waals surface area contributed by atoms with Gasteiger partial charge in [-0.25, -0.2) is 0 Å². The minimum absolute atomic E-state index is 0.0802. The van der Waals surface area contributed by atoms with Gasteiger partial charge in [0, 0.05) is 30.1 Å². The molecule has 5 rings (SSSR count). The van der Waals surface area contributed by atoms with Crippen molar-refractivity contribution < 1.29 is 19.0 Å². The number of methoxy groups -OCH3 is 1. The van der Waals surface area contributed by atoms with Gasteiger partial charge in [0.05, 0.1) is 7.11 Å². The monoisotopic (exact) mass is 441 g/mol. The summed E-state index contributed by atoms with van der Waals surface area (Å²) in [7, 11) is 3.70. The van der Waals surface area contributed by atoms with E-state index in [1.54, 1.807) is 7.11 Å². The van der Waals surface area contributed by atoms with Crippen LogP contribution in [0.5, 0.6) is 17.2 Å². The van der Waals surface area contributed by atoms with Crippen molar-refractivity contribution in [3.05, 3.63) is 88.5 Å². The Bertz CT molecular complexity index is 1180. The normalized spacial score (nSPS) is 17.2. The SMILES string of the molecule is COc1c2c(cc3c1[C@H](CC(=O)c1ccc(C=Cc4ccccc4)cc1)N(C)CC3)OCO2. The molecule has 168 valence electrons. The van der Waals surface area contributed by atoms with E-state index in [1.807, 2.05) is 48.5 Å². The molecule has 0 unspecified atom stereocenters. The van der Waals surface area contributed by atoms with Gasteiger partial charge in [-0.15, -0.1) is 0 Å². The van der Waals surface area contributed by atoms with Crippen LogP contribution in [0.3, 0.4) is 0 Å². The fourth-order valence-corrected chi connectivity index (χ4v) is 4.61. The number of ether oxygens (including phenoxy) is 3. The molecule has 3 aromatic rings. The van der Waals surface area contributed by atoms with Crippen molar-refractivity contribution in [2.45, 2.75) is 18.9 Å². The maximum atomic E-state index is 13.3. The Kier molecular flexibility index (Phi) is 5.88. The Morgan fingerprint density at radius 1 is 1.06 bits per heavy atom. The van der Waals surface area contributed by atoms with E-state index in [2.05, 4.69) is 36.2 Å². The summed E-state index contributed by atoms with van der Waals surface area (Å²) in [6, 6.07) is 19.9. The molecule has 0 amide bonds. The van der Waals surface area contributed by atoms with Crippen LogP contribution in [-0.2, 0) is 6.42 Å². The van der Waals surface area contributed by atoms with E-state index in [-0.39, 0.29) is 18.6 Å². The molecule has 5 nitrogen and oxygen atoms in total. The van der Waals surface area contributed by atoms with Crippen LogP contribution in [-0.4, -0.2) is 38.2 Å². The van der Waals surface area contributed by atoms with E-state index in [4.69, 9.17) is 14.2 Å². The van der Waals surface area contributed by atoms with Crippen molar-refractivity contribution >= 4 is 17.9 Å². The van der Waals surface area contributed by atoms with Crippen molar-refractivity contribution in [2.75, 3.05) is 27.5 Å². The summed E-state index contributed by atoms with van der Waals surface area (Å²) in [5.74, 6) is 2.15. The van der Waals surface area contributed by atoms with Gasteiger partial charge in [-0.1, -0.05) is 66.7 Å². The van der Waals surface area contributed by atoms with Gasteiger partial charge < -0.3 is 14.2 Å². The van der Waals surface area contributed by atoms with E-state index in [9.17, 15) is 4.79 Å². The Balaban J connectivity index is 1.37. The average molecular weight is 442 g/mol. The van der Waals surface area contributed by atoms with Gasteiger partial charge in [-0.2, -0.15) is 0 Å². The number of rotatable bonds is 6. The lowest BCUT2D eigenvalue weighted by Gasteiger charge is -2.35. The smallest absolute Gasteiger partial charge is 0.231 e. The summed E-state index contributed by atoms with van der Waals surface area (Å²) in [6.45, 7) is 1.07. The third kappa shape index (κ3) is 4.24. The lowest BCUT2D eigenvalue weighted by atomic mass is 9.87. The van der Waals surface area contributed by atoms with E-state index >= 15 is 0 Å². The highest BCUT2D eigenvalue weighted by atomic mass is 16.7. The number of benzene rings is 3. The summed E-state index contributed by atoms with van der Waals surface area (Å²) in [5, 5.41) is 0. The number of hydrogen-bond donors (Lipinski definition) is 0. The largest absolute Gasteiger partial charge is 0.492 e. The van der Waals surface area contributed by atoms with Crippen molar-refractivity contribution in [1.82, 2.24) is 4.90 Å². The second-order valence-electron chi connectivity index (χ2n) is 8.46. The molecular weight excluding hydrogens is 414 g/mol. The molecule has 0 spiro atoms. The van der Waals surface area contributed by atoms with Gasteiger partial charge in [0.1, 0.15) is 0 Å². The Labute approximate surface area is 194 Å². The molecule has 0 bridgehead atoms. The first-order valence-corrected chi connectivity index (χ1v) is 11.2. The molecule has 5 heteroatoms. The minimum atomic E-state index is -0.0802. The second-order valence-corrected chi connectivity index (χ2v) is 8.46. The van der Waals surface area contributed by atoms with Crippen LogP contribution in [0.4, 0.5) is 0 Å². The molecule has 0 saturated heterocycles. The third-order valence-electron chi connectivity index (χ3n) is 6.43. The molecule has 0 aromatic heterocycles. The number of fused-ring (bicyclic) bond motifs is 2. The van der Waals surface area contributed by atoms with E-state index in [1.165, 1.54) is 0 Å². The number of carbonyl (C=O) groups excluding carboxylic acids is 1. The van der Waals surface area contributed by atoms with Crippen molar-refractivity contribution in [1.29, 1.82) is 0 Å². The maximum absolute atomic E-state index is 13.3. The molecule has 33 heavy (non-hydrogen) atoms. The van der Waals surface area contributed by atoms with Gasteiger partial charge in [0.25, 0.3) is 0 Å². The number of likely N-dealkylation sites (N-methyl/N-ethyl adjacent to an activating group) is 1. The maximum Gasteiger partial charge on any atom is 0.231 e. The standard InChI is InChI=1S/C28H27NO4/c1-29-15-14-22-16-25-27(33-18-32-25)28(31-2)26(22)23(29)17-24(30)21-12-10-20(11-13-21)9-8-19-6-4-3-5-7-19/h3-13,16,23H,14-15,17-18H2,1-2H3/t23-/m0/s1. The Morgan fingerprint density at radius 2 is 1.79 bits per heavy atom. The highest BCUT2D eigenvalue weighted by Gasteiger charge is 2.35. The third-order valence-corrected chi connectivity index (χ3v) is 6.43. The van der Waals surface area contributed by atoms with Gasteiger partial charge in [-0.3, -0.25) is 9.69 Å². The summed E-state index contributed by atoms with van der Waals surface area (Å²) >= 11 is 0. The number of ketones is 1. The molecule has 2 aliphatic rings. The first-order valence-electron chi connectivity index (χ1n) is 11.2. The van der Waals surface area contributed by atoms with Crippen molar-refractivity contribution in [2.24, 2.45) is 0 Å². The van der Waals surface area contributed by atoms with Gasteiger partial charge >= 0.3 is 0 Å². The number of hydrogen-bond acceptors (Lipinski definition) is 5. The highest BCUT2D eigenvalue weighted by Crippen LogP contribution is 2.50. The predicted octanol–water partition coefficient (Wildman–Crippen LogP) is 5.40. The predicted molar refractivity (Wildman–Crippen MR) is 129 cm³/mol. The van der Waals surface area contributed by atoms with Crippen LogP contribution < -0.4 is 14.2 Å². The average Bonchev–Trinajstić information content (AvgIpc) is 3.32. The van der Waals surface area contributed by atoms with Crippen LogP contribution in [0.2, 0.25) is 0 Å². The van der Waals surface area contributed by atoms with Crippen LogP contribution in [0, 0.1) is 0 Å². The second kappa shape index (κ2) is 9.12. The first kappa shape index (κ1) is 21.3. The van der Waals surface area contributed by atoms with E-state index < -0.39 is 0 Å². The quantitative estimate of drug-likeness (QED) is 0.379. The molecule has 0 fully saturated rings. The highest BCUT2D eigenvalue weighted by molar-refractivity contribution is 5.97. The Hall–Kier alpha value is -3.57. The molecule has 0 radical (unpaired) electrons. The zero-order chi connectivity index (χ0) is 22.8. The lowest BCUT2D eigenvalue weighted by Crippen LogP contribution is -2.34. The van der Waals surface area contributed by atoms with Crippen LogP contribution >= 0.6 is 0 Å². The molecule has 0 aliphatic carbocycles. The van der Waals surface area contributed by atoms with Gasteiger partial charge in [-0.05, 0) is 36.2 Å². The van der Waals surface area contributed by atoms with Gasteiger partial charge in [0.2, 0.25) is 12.5 Å². The molecular formula is C28H27NO4. The summed E-state index contributed by atoms with van der Waals surface area (Å²) in [5.41, 5.74) is 5.11. The van der Waals surface area contributed by atoms with E-state index in [0.717, 1.165) is 41.0 Å². The Morgan fingerprint density at radius 3 is 2.52 bits per heavy atom. The van der Waals surface area contributed by atoms with E-state index in [0.29, 0.717) is 23.5 Å². The van der Waals surface area contributed by atoms with Gasteiger partial charge in [0.15, 0.2) is 17.3 Å². The molecule has 2 aliphatic heterocycles. The fourth-order valence-electron chi connectivity index (χ4n) is 4.61. The summed E-state index contributed by atoms with van der Waals surface area (Å²) in [6.07, 6.45) is 5.38. The molecule has 3 aromatic carbocycles. The molecule has 0 saturated carbocycles. The molecule has 2 heterocycles. The van der Waals surface area contributed by atoms with Crippen LogP contribution in [0.1, 0.15) is 45.1 Å². The topological polar surface area (TPSA) is 48.0 Å². The zero-order valence-electron chi connectivity index (χ0n) is 18.9. The number of carbonyl (C=O) groups is 1. The van der Waals surface area contributed by atoms with Crippen LogP contribution in [0.15, 0.2) is 60.7 Å². The molecule has 0 N–H and O–H groups in total.